The Morgan fingerprint density at radius 3 is 2.20 bits per heavy atom. The molecule has 0 unspecified atom stereocenters. The van der Waals surface area contributed by atoms with E-state index in [0.29, 0.717) is 5.69 Å². The molecule has 2 aromatic carbocycles. The summed E-state index contributed by atoms with van der Waals surface area (Å²) in [7, 11) is 0. The number of nitrogens with zero attached hydrogens (tertiary/aromatic N) is 1. The zero-order chi connectivity index (χ0) is 25.8. The summed E-state index contributed by atoms with van der Waals surface area (Å²) in [5.41, 5.74) is 2.75. The van der Waals surface area contributed by atoms with Gasteiger partial charge >= 0.3 is 6.09 Å². The Morgan fingerprint density at radius 1 is 0.943 bits per heavy atom. The van der Waals surface area contributed by atoms with Crippen LogP contribution in [0.3, 0.4) is 0 Å². The number of hydrogen-bond acceptors (Lipinski definition) is 7. The van der Waals surface area contributed by atoms with Crippen LogP contribution in [0.15, 0.2) is 53.6 Å². The van der Waals surface area contributed by atoms with Gasteiger partial charge in [-0.3, -0.25) is 14.8 Å². The lowest BCUT2D eigenvalue weighted by Gasteiger charge is -2.20. The fourth-order valence-electron chi connectivity index (χ4n) is 2.95. The molecule has 9 heteroatoms. The molecule has 7 nitrogen and oxygen atoms in total. The summed E-state index contributed by atoms with van der Waals surface area (Å²) in [6.45, 7) is 13.3. The van der Waals surface area contributed by atoms with Crippen LogP contribution in [0.25, 0.3) is 21.0 Å². The molecule has 3 N–H and O–H groups in total. The molecule has 186 valence electrons. The summed E-state index contributed by atoms with van der Waals surface area (Å²) in [6.07, 6.45) is 1.37. The minimum atomic E-state index is -0.554. The van der Waals surface area contributed by atoms with Crippen molar-refractivity contribution in [2.45, 2.75) is 64.5 Å². The van der Waals surface area contributed by atoms with Gasteiger partial charge in [0.25, 0.3) is 0 Å². The first-order valence-corrected chi connectivity index (χ1v) is 12.8. The van der Waals surface area contributed by atoms with E-state index in [4.69, 9.17) is 4.74 Å². The van der Waals surface area contributed by atoms with Gasteiger partial charge in [-0.2, -0.15) is 0 Å². The van der Waals surface area contributed by atoms with E-state index in [2.05, 4.69) is 41.1 Å². The van der Waals surface area contributed by atoms with E-state index in [9.17, 15) is 9.59 Å². The number of anilines is 2. The molecule has 0 saturated carbocycles. The third-order valence-corrected chi connectivity index (χ3v) is 6.67. The van der Waals surface area contributed by atoms with E-state index < -0.39 is 11.7 Å². The minimum absolute atomic E-state index is 0.0834. The highest BCUT2D eigenvalue weighted by atomic mass is 32.2. The van der Waals surface area contributed by atoms with Gasteiger partial charge < -0.3 is 10.1 Å². The molecule has 2 amide bonds. The number of hydrogen-bond donors (Lipinski definition) is 3. The maximum atomic E-state index is 12.0. The van der Waals surface area contributed by atoms with Gasteiger partial charge in [-0.15, -0.1) is 11.3 Å². The Balaban J connectivity index is 1.81. The number of carbonyl (C=O) groups excluding carboxylic acids is 2. The Labute approximate surface area is 215 Å². The maximum Gasteiger partial charge on any atom is 0.412 e. The number of nitrogens with one attached hydrogen (secondary N) is 3. The predicted molar refractivity (Wildman–Crippen MR) is 146 cm³/mol. The second kappa shape index (κ2) is 10.8. The molecule has 0 bridgehead atoms. The van der Waals surface area contributed by atoms with Crippen molar-refractivity contribution in [3.05, 3.63) is 48.7 Å². The van der Waals surface area contributed by atoms with Gasteiger partial charge in [0, 0.05) is 46.1 Å². The van der Waals surface area contributed by atoms with E-state index in [1.165, 1.54) is 18.9 Å². The molecule has 3 rings (SSSR count). The monoisotopic (exact) mass is 512 g/mol. The second-order valence-corrected chi connectivity index (χ2v) is 12.0. The summed E-state index contributed by atoms with van der Waals surface area (Å²) in [5.74, 6) is -0.109. The topological polar surface area (TPSA) is 92.4 Å². The summed E-state index contributed by atoms with van der Waals surface area (Å²) in [6, 6.07) is 13.4. The molecule has 1 heterocycles. The van der Waals surface area contributed by atoms with Crippen LogP contribution in [-0.4, -0.2) is 28.1 Å². The molecular weight excluding hydrogens is 480 g/mol. The first-order valence-electron chi connectivity index (χ1n) is 11.2. The van der Waals surface area contributed by atoms with Crippen molar-refractivity contribution >= 4 is 46.7 Å². The molecule has 0 saturated heterocycles. The van der Waals surface area contributed by atoms with Crippen LogP contribution in [-0.2, 0) is 9.53 Å². The van der Waals surface area contributed by atoms with Crippen molar-refractivity contribution in [2.24, 2.45) is 0 Å². The summed E-state index contributed by atoms with van der Waals surface area (Å²) in [4.78, 5) is 30.2. The predicted octanol–water partition coefficient (Wildman–Crippen LogP) is 7.18. The van der Waals surface area contributed by atoms with E-state index in [1.54, 1.807) is 11.3 Å². The number of rotatable bonds is 6. The summed E-state index contributed by atoms with van der Waals surface area (Å²) >= 11 is 3.11. The van der Waals surface area contributed by atoms with Crippen LogP contribution in [0.2, 0.25) is 0 Å². The van der Waals surface area contributed by atoms with Crippen molar-refractivity contribution in [3.8, 4) is 21.0 Å². The van der Waals surface area contributed by atoms with Crippen molar-refractivity contribution < 1.29 is 14.3 Å². The third-order valence-electron chi connectivity index (χ3n) is 4.32. The van der Waals surface area contributed by atoms with Gasteiger partial charge in [-0.25, -0.2) is 9.78 Å². The zero-order valence-corrected chi connectivity index (χ0v) is 22.7. The SMILES string of the molecule is CC(=O)Nc1ccc(-c2cnc(-c3ccc(NC(=O)OC(C)(C)C)cc3)s2)c(SNC(C)(C)C)c1. The number of thiazole rings is 1. The van der Waals surface area contributed by atoms with Gasteiger partial charge in [0.1, 0.15) is 10.6 Å². The fourth-order valence-corrected chi connectivity index (χ4v) is 4.86. The molecule has 1 aromatic heterocycles. The number of benzene rings is 2. The molecule has 0 aliphatic carbocycles. The lowest BCUT2D eigenvalue weighted by molar-refractivity contribution is -0.114. The first-order chi connectivity index (χ1) is 16.3. The van der Waals surface area contributed by atoms with Crippen LogP contribution in [0, 0.1) is 0 Å². The molecule has 0 atom stereocenters. The van der Waals surface area contributed by atoms with Crippen LogP contribution >= 0.6 is 23.3 Å². The summed E-state index contributed by atoms with van der Waals surface area (Å²) < 4.78 is 8.75. The highest BCUT2D eigenvalue weighted by Crippen LogP contribution is 2.38. The first kappa shape index (κ1) is 26.7. The van der Waals surface area contributed by atoms with E-state index >= 15 is 0 Å². The van der Waals surface area contributed by atoms with Crippen LogP contribution < -0.4 is 15.4 Å². The quantitative estimate of drug-likeness (QED) is 0.303. The number of aromatic nitrogens is 1. The van der Waals surface area contributed by atoms with Gasteiger partial charge in [0.2, 0.25) is 5.91 Å². The lowest BCUT2D eigenvalue weighted by atomic mass is 10.1. The lowest BCUT2D eigenvalue weighted by Crippen LogP contribution is -2.29. The van der Waals surface area contributed by atoms with Crippen LogP contribution in [0.5, 0.6) is 0 Å². The van der Waals surface area contributed by atoms with E-state index in [0.717, 1.165) is 31.6 Å². The fraction of sp³-hybridized carbons (Fsp3) is 0.346. The smallest absolute Gasteiger partial charge is 0.412 e. The second-order valence-electron chi connectivity index (χ2n) is 10.1. The van der Waals surface area contributed by atoms with E-state index in [-0.39, 0.29) is 11.4 Å². The van der Waals surface area contributed by atoms with Crippen molar-refractivity contribution in [3.63, 3.8) is 0 Å². The molecule has 0 aliphatic heterocycles. The Kier molecular flexibility index (Phi) is 8.25. The molecule has 0 radical (unpaired) electrons. The van der Waals surface area contributed by atoms with E-state index in [1.807, 2.05) is 69.4 Å². The Morgan fingerprint density at radius 2 is 1.60 bits per heavy atom. The zero-order valence-electron chi connectivity index (χ0n) is 21.1. The molecular formula is C26H32N4O3S2. The van der Waals surface area contributed by atoms with Crippen molar-refractivity contribution in [2.75, 3.05) is 10.6 Å². The van der Waals surface area contributed by atoms with Crippen molar-refractivity contribution in [1.82, 2.24) is 9.71 Å². The Hall–Kier alpha value is -2.88. The Bertz CT molecular complexity index is 1190. The minimum Gasteiger partial charge on any atom is -0.444 e. The molecule has 35 heavy (non-hydrogen) atoms. The average Bonchev–Trinajstić information content (AvgIpc) is 3.20. The average molecular weight is 513 g/mol. The van der Waals surface area contributed by atoms with Gasteiger partial charge in [-0.1, -0.05) is 6.07 Å². The van der Waals surface area contributed by atoms with Gasteiger partial charge in [0.15, 0.2) is 0 Å². The standard InChI is InChI=1S/C26H32N4O3S2/c1-16(31)28-19-12-13-20(21(14-19)35-30-25(2,3)4)22-15-27-23(34-22)17-8-10-18(11-9-17)29-24(32)33-26(5,6)7/h8-15,30H,1-7H3,(H,28,31)(H,29,32). The van der Waals surface area contributed by atoms with Crippen molar-refractivity contribution in [1.29, 1.82) is 0 Å². The number of amides is 2. The van der Waals surface area contributed by atoms with Gasteiger partial charge in [-0.05, 0) is 89.9 Å². The molecule has 0 aliphatic rings. The highest BCUT2D eigenvalue weighted by molar-refractivity contribution is 7.97. The molecule has 0 fully saturated rings. The normalized spacial score (nSPS) is 11.7. The van der Waals surface area contributed by atoms with Crippen LogP contribution in [0.4, 0.5) is 16.2 Å². The van der Waals surface area contributed by atoms with Gasteiger partial charge in [0.05, 0.1) is 4.88 Å². The largest absolute Gasteiger partial charge is 0.444 e. The number of ether oxygens (including phenoxy) is 1. The highest BCUT2D eigenvalue weighted by Gasteiger charge is 2.17. The third kappa shape index (κ3) is 8.38. The number of carbonyl (C=O) groups is 2. The summed E-state index contributed by atoms with van der Waals surface area (Å²) in [5, 5.41) is 6.46. The molecule has 3 aromatic rings. The molecule has 0 spiro atoms. The maximum absolute atomic E-state index is 12.0. The van der Waals surface area contributed by atoms with Crippen LogP contribution in [0.1, 0.15) is 48.5 Å².